The van der Waals surface area contributed by atoms with Crippen LogP contribution in [0.1, 0.15) is 22.0 Å². The van der Waals surface area contributed by atoms with E-state index < -0.39 is 0 Å². The maximum atomic E-state index is 13.2. The Morgan fingerprint density at radius 3 is 2.52 bits per heavy atom. The molecule has 1 amide bonds. The van der Waals surface area contributed by atoms with Crippen molar-refractivity contribution in [3.63, 3.8) is 0 Å². The summed E-state index contributed by atoms with van der Waals surface area (Å²) in [5.74, 6) is -0.385. The van der Waals surface area contributed by atoms with Crippen molar-refractivity contribution in [2.24, 2.45) is 0 Å². The lowest BCUT2D eigenvalue weighted by Crippen LogP contribution is -2.31. The smallest absolute Gasteiger partial charge is 0.238 e. The maximum absolute atomic E-state index is 13.2. The van der Waals surface area contributed by atoms with Crippen molar-refractivity contribution in [2.75, 3.05) is 11.9 Å². The third kappa shape index (κ3) is 4.53. The van der Waals surface area contributed by atoms with Gasteiger partial charge in [-0.25, -0.2) is 4.39 Å². The molecule has 0 spiro atoms. The highest BCUT2D eigenvalue weighted by atomic mass is 32.1. The summed E-state index contributed by atoms with van der Waals surface area (Å²) in [7, 11) is 0. The molecule has 3 aromatic rings. The highest BCUT2D eigenvalue weighted by Crippen LogP contribution is 2.26. The van der Waals surface area contributed by atoms with Crippen molar-refractivity contribution in [3.05, 3.63) is 87.9 Å². The molecule has 0 saturated heterocycles. The Kier molecular flexibility index (Phi) is 5.58. The highest BCUT2D eigenvalue weighted by Gasteiger charge is 2.16. The number of rotatable bonds is 6. The first-order valence-corrected chi connectivity index (χ1v) is 8.89. The summed E-state index contributed by atoms with van der Waals surface area (Å²) >= 11 is 1.60. The number of carbonyl (C=O) groups is 1. The number of nitrogens with one attached hydrogen (secondary N) is 2. The molecule has 25 heavy (non-hydrogen) atoms. The predicted molar refractivity (Wildman–Crippen MR) is 100 cm³/mol. The molecule has 0 bridgehead atoms. The van der Waals surface area contributed by atoms with Gasteiger partial charge >= 0.3 is 0 Å². The number of hydrogen-bond acceptors (Lipinski definition) is 3. The molecule has 0 fully saturated rings. The van der Waals surface area contributed by atoms with Gasteiger partial charge in [0.15, 0.2) is 0 Å². The van der Waals surface area contributed by atoms with Crippen molar-refractivity contribution in [1.29, 1.82) is 0 Å². The van der Waals surface area contributed by atoms with E-state index in [4.69, 9.17) is 0 Å². The molecule has 1 heterocycles. The van der Waals surface area contributed by atoms with Gasteiger partial charge in [-0.05, 0) is 47.7 Å². The molecule has 0 aliphatic carbocycles. The summed E-state index contributed by atoms with van der Waals surface area (Å²) in [6.45, 7) is 2.12. The zero-order valence-electron chi connectivity index (χ0n) is 13.8. The van der Waals surface area contributed by atoms with Gasteiger partial charge in [-0.15, -0.1) is 11.3 Å². The fourth-order valence-corrected chi connectivity index (χ4v) is 3.42. The van der Waals surface area contributed by atoms with Crippen LogP contribution in [0.25, 0.3) is 0 Å². The molecule has 2 aromatic carbocycles. The van der Waals surface area contributed by atoms with Crippen LogP contribution in [0.4, 0.5) is 10.1 Å². The Labute approximate surface area is 150 Å². The average Bonchev–Trinajstić information content (AvgIpc) is 3.13. The Hall–Kier alpha value is -2.50. The molecule has 3 nitrogen and oxygen atoms in total. The number of halogens is 1. The second-order valence-corrected chi connectivity index (χ2v) is 6.72. The van der Waals surface area contributed by atoms with E-state index in [0.29, 0.717) is 0 Å². The second kappa shape index (κ2) is 8.05. The minimum absolute atomic E-state index is 0.113. The van der Waals surface area contributed by atoms with Gasteiger partial charge in [0.2, 0.25) is 5.91 Å². The average molecular weight is 354 g/mol. The zero-order chi connectivity index (χ0) is 17.6. The molecular weight excluding hydrogens is 335 g/mol. The molecule has 0 aliphatic heterocycles. The summed E-state index contributed by atoms with van der Waals surface area (Å²) in [5, 5.41) is 8.17. The molecule has 1 atom stereocenters. The zero-order valence-corrected chi connectivity index (χ0v) is 14.6. The first-order chi connectivity index (χ1) is 12.1. The predicted octanol–water partition coefficient (Wildman–Crippen LogP) is 4.51. The third-order valence-corrected chi connectivity index (χ3v) is 4.85. The number of thiophene rings is 1. The van der Waals surface area contributed by atoms with Crippen LogP contribution in [-0.2, 0) is 4.79 Å². The van der Waals surface area contributed by atoms with Gasteiger partial charge in [-0.2, -0.15) is 0 Å². The Balaban J connectivity index is 1.70. The number of hydrogen-bond donors (Lipinski definition) is 2. The van der Waals surface area contributed by atoms with Crippen molar-refractivity contribution < 1.29 is 9.18 Å². The normalized spacial score (nSPS) is 11.9. The van der Waals surface area contributed by atoms with Crippen LogP contribution >= 0.6 is 11.3 Å². The quantitative estimate of drug-likeness (QED) is 0.684. The molecule has 0 unspecified atom stereocenters. The summed E-state index contributed by atoms with van der Waals surface area (Å²) in [6, 6.07) is 17.8. The fraction of sp³-hybridized carbons (Fsp3) is 0.150. The minimum atomic E-state index is -0.272. The van der Waals surface area contributed by atoms with Gasteiger partial charge in [-0.3, -0.25) is 10.1 Å². The first-order valence-electron chi connectivity index (χ1n) is 8.01. The topological polar surface area (TPSA) is 41.1 Å². The number of benzene rings is 2. The van der Waals surface area contributed by atoms with E-state index in [0.717, 1.165) is 21.7 Å². The number of aryl methyl sites for hydroxylation is 1. The molecule has 3 rings (SSSR count). The minimum Gasteiger partial charge on any atom is -0.325 e. The van der Waals surface area contributed by atoms with Crippen LogP contribution in [0.5, 0.6) is 0 Å². The van der Waals surface area contributed by atoms with Gasteiger partial charge in [-0.1, -0.05) is 36.4 Å². The lowest BCUT2D eigenvalue weighted by atomic mass is 10.1. The van der Waals surface area contributed by atoms with E-state index in [1.165, 1.54) is 12.1 Å². The fourth-order valence-electron chi connectivity index (χ4n) is 2.60. The Morgan fingerprint density at radius 1 is 1.08 bits per heavy atom. The van der Waals surface area contributed by atoms with Crippen molar-refractivity contribution in [2.45, 2.75) is 13.0 Å². The van der Waals surface area contributed by atoms with Gasteiger partial charge < -0.3 is 5.32 Å². The van der Waals surface area contributed by atoms with E-state index in [9.17, 15) is 9.18 Å². The van der Waals surface area contributed by atoms with Crippen molar-refractivity contribution >= 4 is 22.9 Å². The molecule has 2 N–H and O–H groups in total. The second-order valence-electron chi connectivity index (χ2n) is 5.74. The molecule has 0 saturated carbocycles. The van der Waals surface area contributed by atoms with Crippen LogP contribution in [0.15, 0.2) is 66.0 Å². The third-order valence-electron chi connectivity index (χ3n) is 3.92. The largest absolute Gasteiger partial charge is 0.325 e. The van der Waals surface area contributed by atoms with Crippen LogP contribution < -0.4 is 10.6 Å². The summed E-state index contributed by atoms with van der Waals surface area (Å²) in [4.78, 5) is 13.4. The molecule has 128 valence electrons. The van der Waals surface area contributed by atoms with Crippen molar-refractivity contribution in [3.8, 4) is 0 Å². The monoisotopic (exact) mass is 354 g/mol. The van der Waals surface area contributed by atoms with Gasteiger partial charge in [0, 0.05) is 10.6 Å². The van der Waals surface area contributed by atoms with E-state index in [1.807, 2.05) is 48.7 Å². The number of amides is 1. The van der Waals surface area contributed by atoms with Crippen molar-refractivity contribution in [1.82, 2.24) is 5.32 Å². The summed E-state index contributed by atoms with van der Waals surface area (Å²) in [5.41, 5.74) is 2.75. The van der Waals surface area contributed by atoms with Crippen LogP contribution in [0.3, 0.4) is 0 Å². The standard InChI is InChI=1S/C20H19FN2OS/c1-14-5-2-3-6-17(14)23-19(24)13-22-20(18-7-4-12-25-18)15-8-10-16(21)11-9-15/h2-12,20,22H,13H2,1H3,(H,23,24)/t20-/m0/s1. The summed E-state index contributed by atoms with van der Waals surface area (Å²) < 4.78 is 13.2. The van der Waals surface area contributed by atoms with E-state index in [2.05, 4.69) is 10.6 Å². The molecular formula is C20H19FN2OS. The van der Waals surface area contributed by atoms with E-state index >= 15 is 0 Å². The Bertz CT molecular complexity index is 831. The summed E-state index contributed by atoms with van der Waals surface area (Å²) in [6.07, 6.45) is 0. The number of para-hydroxylation sites is 1. The van der Waals surface area contributed by atoms with Crippen LogP contribution in [0.2, 0.25) is 0 Å². The maximum Gasteiger partial charge on any atom is 0.238 e. The SMILES string of the molecule is Cc1ccccc1NC(=O)CN[C@@H](c1ccc(F)cc1)c1cccs1. The first kappa shape index (κ1) is 17.3. The van der Waals surface area contributed by atoms with Crippen LogP contribution in [-0.4, -0.2) is 12.5 Å². The number of carbonyl (C=O) groups excluding carboxylic acids is 1. The number of anilines is 1. The molecule has 5 heteroatoms. The lowest BCUT2D eigenvalue weighted by molar-refractivity contribution is -0.115. The van der Waals surface area contributed by atoms with Gasteiger partial charge in [0.05, 0.1) is 12.6 Å². The van der Waals surface area contributed by atoms with E-state index in [-0.39, 0.29) is 24.3 Å². The van der Waals surface area contributed by atoms with Gasteiger partial charge in [0.1, 0.15) is 5.82 Å². The molecule has 0 radical (unpaired) electrons. The van der Waals surface area contributed by atoms with E-state index in [1.54, 1.807) is 23.5 Å². The molecule has 0 aliphatic rings. The van der Waals surface area contributed by atoms with Crippen LogP contribution in [0, 0.1) is 12.7 Å². The lowest BCUT2D eigenvalue weighted by Gasteiger charge is -2.18. The molecule has 1 aromatic heterocycles. The van der Waals surface area contributed by atoms with Gasteiger partial charge in [0.25, 0.3) is 0 Å². The Morgan fingerprint density at radius 2 is 1.84 bits per heavy atom. The highest BCUT2D eigenvalue weighted by molar-refractivity contribution is 7.10.